The van der Waals surface area contributed by atoms with E-state index >= 15 is 0 Å². The van der Waals surface area contributed by atoms with E-state index in [4.69, 9.17) is 21.1 Å². The molecule has 1 rings (SSSR count). The Balaban J connectivity index is 2.86. The van der Waals surface area contributed by atoms with Gasteiger partial charge in [-0.1, -0.05) is 11.6 Å². The molecule has 0 saturated carbocycles. The summed E-state index contributed by atoms with van der Waals surface area (Å²) in [6.07, 6.45) is 0.444. The first-order chi connectivity index (χ1) is 9.92. The zero-order valence-electron chi connectivity index (χ0n) is 13.2. The monoisotopic (exact) mass is 314 g/mol. The second kappa shape index (κ2) is 8.10. The summed E-state index contributed by atoms with van der Waals surface area (Å²) in [5, 5.41) is 3.18. The Hall–Kier alpha value is -1.46. The van der Waals surface area contributed by atoms with Crippen molar-refractivity contribution in [1.29, 1.82) is 0 Å². The van der Waals surface area contributed by atoms with Gasteiger partial charge in [0.1, 0.15) is 11.5 Å². The first kappa shape index (κ1) is 17.6. The summed E-state index contributed by atoms with van der Waals surface area (Å²) < 4.78 is 10.6. The fraction of sp³-hybridized carbons (Fsp3) is 0.533. The molecule has 0 aromatic heterocycles. The summed E-state index contributed by atoms with van der Waals surface area (Å²) in [6, 6.07) is 3.72. The van der Waals surface area contributed by atoms with Crippen LogP contribution in [0.5, 0.6) is 11.5 Å². The van der Waals surface area contributed by atoms with Crippen molar-refractivity contribution in [2.75, 3.05) is 28.3 Å². The van der Waals surface area contributed by atoms with Gasteiger partial charge in [-0.25, -0.2) is 0 Å². The molecule has 1 atom stereocenters. The van der Waals surface area contributed by atoms with Crippen LogP contribution >= 0.6 is 11.6 Å². The second-order valence-corrected chi connectivity index (χ2v) is 5.35. The van der Waals surface area contributed by atoms with E-state index in [-0.39, 0.29) is 11.9 Å². The molecule has 1 amide bonds. The number of ether oxygens (including phenoxy) is 2. The zero-order chi connectivity index (χ0) is 16.0. The minimum Gasteiger partial charge on any atom is -0.496 e. The molecule has 0 saturated heterocycles. The Morgan fingerprint density at radius 3 is 2.48 bits per heavy atom. The van der Waals surface area contributed by atoms with Crippen molar-refractivity contribution in [1.82, 2.24) is 10.2 Å². The Kier molecular flexibility index (Phi) is 6.78. The third kappa shape index (κ3) is 4.79. The molecule has 0 bridgehead atoms. The molecular formula is C15H23ClN2O3. The molecule has 0 fully saturated rings. The smallest absolute Gasteiger partial charge is 0.221 e. The van der Waals surface area contributed by atoms with Gasteiger partial charge in [-0.05, 0) is 20.0 Å². The van der Waals surface area contributed by atoms with Crippen LogP contribution in [-0.4, -0.2) is 45.2 Å². The maximum Gasteiger partial charge on any atom is 0.221 e. The van der Waals surface area contributed by atoms with E-state index in [1.54, 1.807) is 27.3 Å². The van der Waals surface area contributed by atoms with Gasteiger partial charge in [-0.2, -0.15) is 0 Å². The molecule has 118 valence electrons. The predicted molar refractivity (Wildman–Crippen MR) is 84.2 cm³/mol. The minimum absolute atomic E-state index is 0.0223. The molecule has 21 heavy (non-hydrogen) atoms. The van der Waals surface area contributed by atoms with E-state index in [1.807, 2.05) is 20.0 Å². The number of carbonyl (C=O) groups excluding carboxylic acids is 1. The maximum atomic E-state index is 11.4. The molecule has 1 N–H and O–H groups in total. The van der Waals surface area contributed by atoms with E-state index in [0.717, 1.165) is 11.3 Å². The molecule has 0 spiro atoms. The van der Waals surface area contributed by atoms with Gasteiger partial charge in [0.2, 0.25) is 5.91 Å². The summed E-state index contributed by atoms with van der Waals surface area (Å²) >= 11 is 6.17. The molecule has 6 heteroatoms. The number of hydrogen-bond acceptors (Lipinski definition) is 4. The van der Waals surface area contributed by atoms with Crippen LogP contribution in [0, 0.1) is 0 Å². The number of nitrogens with one attached hydrogen (secondary N) is 1. The van der Waals surface area contributed by atoms with Gasteiger partial charge in [-0.3, -0.25) is 9.69 Å². The molecule has 0 heterocycles. The van der Waals surface area contributed by atoms with Crippen molar-refractivity contribution in [3.8, 4) is 11.5 Å². The minimum atomic E-state index is 0.0223. The fourth-order valence-electron chi connectivity index (χ4n) is 2.00. The lowest BCUT2D eigenvalue weighted by molar-refractivity contribution is -0.121. The highest BCUT2D eigenvalue weighted by Gasteiger charge is 2.16. The summed E-state index contributed by atoms with van der Waals surface area (Å²) in [7, 11) is 6.78. The lowest BCUT2D eigenvalue weighted by Crippen LogP contribution is -2.33. The number of rotatable bonds is 7. The lowest BCUT2D eigenvalue weighted by atomic mass is 10.1. The third-order valence-electron chi connectivity index (χ3n) is 3.49. The first-order valence-electron chi connectivity index (χ1n) is 6.74. The van der Waals surface area contributed by atoms with Gasteiger partial charge in [0, 0.05) is 37.7 Å². The average molecular weight is 315 g/mol. The van der Waals surface area contributed by atoms with Crippen LogP contribution in [0.1, 0.15) is 18.9 Å². The number of carbonyl (C=O) groups is 1. The zero-order valence-corrected chi connectivity index (χ0v) is 14.0. The highest BCUT2D eigenvalue weighted by molar-refractivity contribution is 6.32. The Bertz CT molecular complexity index is 494. The van der Waals surface area contributed by atoms with Crippen molar-refractivity contribution >= 4 is 17.5 Å². The SMILES string of the molecule is CNC(=O)C[C@H](C)N(C)Cc1cc(Cl)c(OC)cc1OC. The second-order valence-electron chi connectivity index (χ2n) is 4.94. The maximum absolute atomic E-state index is 11.4. The van der Waals surface area contributed by atoms with Gasteiger partial charge >= 0.3 is 0 Å². The number of benzene rings is 1. The molecule has 5 nitrogen and oxygen atoms in total. The predicted octanol–water partition coefficient (Wildman–Crippen LogP) is 2.31. The van der Waals surface area contributed by atoms with Crippen molar-refractivity contribution in [2.45, 2.75) is 25.9 Å². The summed E-state index contributed by atoms with van der Waals surface area (Å²) in [6.45, 7) is 2.64. The Morgan fingerprint density at radius 1 is 1.33 bits per heavy atom. The molecule has 0 radical (unpaired) electrons. The van der Waals surface area contributed by atoms with Gasteiger partial charge in [0.15, 0.2) is 0 Å². The van der Waals surface area contributed by atoms with E-state index < -0.39 is 0 Å². The normalized spacial score (nSPS) is 12.1. The van der Waals surface area contributed by atoms with Crippen molar-refractivity contribution < 1.29 is 14.3 Å². The van der Waals surface area contributed by atoms with Crippen molar-refractivity contribution in [3.63, 3.8) is 0 Å². The van der Waals surface area contributed by atoms with Gasteiger partial charge in [0.05, 0.1) is 19.2 Å². The van der Waals surface area contributed by atoms with Gasteiger partial charge in [-0.15, -0.1) is 0 Å². The summed E-state index contributed by atoms with van der Waals surface area (Å²) in [4.78, 5) is 13.5. The van der Waals surface area contributed by atoms with Crippen LogP contribution in [0.25, 0.3) is 0 Å². The van der Waals surface area contributed by atoms with Crippen LogP contribution in [0.2, 0.25) is 5.02 Å². The summed E-state index contributed by atoms with van der Waals surface area (Å²) in [5.74, 6) is 1.32. The van der Waals surface area contributed by atoms with Crippen molar-refractivity contribution in [2.24, 2.45) is 0 Å². The summed E-state index contributed by atoms with van der Waals surface area (Å²) in [5.41, 5.74) is 0.953. The lowest BCUT2D eigenvalue weighted by Gasteiger charge is -2.25. The molecule has 1 aromatic rings. The van der Waals surface area contributed by atoms with Crippen LogP contribution in [0.15, 0.2) is 12.1 Å². The first-order valence-corrected chi connectivity index (χ1v) is 7.11. The van der Waals surface area contributed by atoms with Crippen LogP contribution in [-0.2, 0) is 11.3 Å². The molecular weight excluding hydrogens is 292 g/mol. The third-order valence-corrected chi connectivity index (χ3v) is 3.78. The van der Waals surface area contributed by atoms with E-state index in [0.29, 0.717) is 23.7 Å². The van der Waals surface area contributed by atoms with Crippen LogP contribution in [0.3, 0.4) is 0 Å². The van der Waals surface area contributed by atoms with E-state index in [9.17, 15) is 4.79 Å². The Labute approximate surface area is 131 Å². The Morgan fingerprint density at radius 2 is 1.95 bits per heavy atom. The molecule has 0 aliphatic rings. The van der Waals surface area contributed by atoms with Crippen LogP contribution < -0.4 is 14.8 Å². The largest absolute Gasteiger partial charge is 0.496 e. The highest BCUT2D eigenvalue weighted by atomic mass is 35.5. The fourth-order valence-corrected chi connectivity index (χ4v) is 2.26. The molecule has 0 aliphatic heterocycles. The number of hydrogen-bond donors (Lipinski definition) is 1. The van der Waals surface area contributed by atoms with Gasteiger partial charge in [0.25, 0.3) is 0 Å². The quantitative estimate of drug-likeness (QED) is 0.839. The standard InChI is InChI=1S/C15H23ClN2O3/c1-10(6-15(19)17-2)18(3)9-11-7-12(16)14(21-5)8-13(11)20-4/h7-8,10H,6,9H2,1-5H3,(H,17,19)/t10-/m0/s1. The number of amides is 1. The van der Waals surface area contributed by atoms with E-state index in [2.05, 4.69) is 10.2 Å². The molecule has 0 unspecified atom stereocenters. The van der Waals surface area contributed by atoms with Crippen molar-refractivity contribution in [3.05, 3.63) is 22.7 Å². The average Bonchev–Trinajstić information content (AvgIpc) is 2.47. The van der Waals surface area contributed by atoms with E-state index in [1.165, 1.54) is 0 Å². The van der Waals surface area contributed by atoms with Gasteiger partial charge < -0.3 is 14.8 Å². The topological polar surface area (TPSA) is 50.8 Å². The van der Waals surface area contributed by atoms with Crippen LogP contribution in [0.4, 0.5) is 0 Å². The molecule has 0 aliphatic carbocycles. The number of halogens is 1. The number of nitrogens with zero attached hydrogens (tertiary/aromatic N) is 1. The molecule has 1 aromatic carbocycles. The number of methoxy groups -OCH3 is 2. The highest BCUT2D eigenvalue weighted by Crippen LogP contribution is 2.33.